The summed E-state index contributed by atoms with van der Waals surface area (Å²) in [5.41, 5.74) is 2.65. The van der Waals surface area contributed by atoms with Crippen LogP contribution in [0.25, 0.3) is 0 Å². The Morgan fingerprint density at radius 1 is 1.18 bits per heavy atom. The maximum absolute atomic E-state index is 4.54. The molecule has 0 aromatic carbocycles. The molecule has 158 valence electrons. The van der Waals surface area contributed by atoms with Crippen molar-refractivity contribution in [3.8, 4) is 0 Å². The highest BCUT2D eigenvalue weighted by Gasteiger charge is 2.38. The van der Waals surface area contributed by atoms with Crippen molar-refractivity contribution in [2.75, 3.05) is 44.7 Å². The fraction of sp³-hybridized carbons (Fsp3) is 0.810. The molecule has 28 heavy (non-hydrogen) atoms. The third-order valence-corrected chi connectivity index (χ3v) is 7.16. The predicted octanol–water partition coefficient (Wildman–Crippen LogP) is 2.81. The molecule has 0 radical (unpaired) electrons. The first-order valence-electron chi connectivity index (χ1n) is 10.9. The Balaban J connectivity index is 1.46. The summed E-state index contributed by atoms with van der Waals surface area (Å²) < 4.78 is 2.10. The van der Waals surface area contributed by atoms with E-state index in [-0.39, 0.29) is 0 Å². The molecule has 2 heterocycles. The summed E-state index contributed by atoms with van der Waals surface area (Å²) in [7, 11) is 1.88. The minimum atomic E-state index is 0.320. The number of hydrogen-bond donors (Lipinski definition) is 2. The van der Waals surface area contributed by atoms with Crippen molar-refractivity contribution < 1.29 is 0 Å². The van der Waals surface area contributed by atoms with Gasteiger partial charge >= 0.3 is 0 Å². The van der Waals surface area contributed by atoms with Crippen LogP contribution in [0, 0.1) is 13.8 Å². The Labute approximate surface area is 174 Å². The van der Waals surface area contributed by atoms with Gasteiger partial charge < -0.3 is 10.6 Å². The van der Waals surface area contributed by atoms with Crippen molar-refractivity contribution in [2.24, 2.45) is 4.99 Å². The lowest BCUT2D eigenvalue weighted by Gasteiger charge is -2.48. The largest absolute Gasteiger partial charge is 0.356 e. The molecule has 0 bridgehead atoms. The van der Waals surface area contributed by atoms with E-state index in [2.05, 4.69) is 62.0 Å². The van der Waals surface area contributed by atoms with Crippen LogP contribution in [0.3, 0.4) is 0 Å². The topological polar surface area (TPSA) is 57.5 Å². The first-order valence-corrected chi connectivity index (χ1v) is 12.1. The van der Waals surface area contributed by atoms with E-state index in [0.29, 0.717) is 5.54 Å². The highest BCUT2D eigenvalue weighted by molar-refractivity contribution is 7.99. The Morgan fingerprint density at radius 2 is 1.93 bits per heavy atom. The van der Waals surface area contributed by atoms with Gasteiger partial charge in [0.25, 0.3) is 0 Å². The van der Waals surface area contributed by atoms with Crippen LogP contribution in [0.1, 0.15) is 49.9 Å². The fourth-order valence-corrected chi connectivity index (χ4v) is 5.56. The van der Waals surface area contributed by atoms with E-state index in [1.165, 1.54) is 62.4 Å². The van der Waals surface area contributed by atoms with E-state index in [4.69, 9.17) is 0 Å². The van der Waals surface area contributed by atoms with Gasteiger partial charge in [-0.25, -0.2) is 0 Å². The van der Waals surface area contributed by atoms with Gasteiger partial charge in [-0.1, -0.05) is 19.3 Å². The van der Waals surface area contributed by atoms with Gasteiger partial charge in [-0.3, -0.25) is 14.6 Å². The zero-order valence-electron chi connectivity index (χ0n) is 18.0. The van der Waals surface area contributed by atoms with Crippen molar-refractivity contribution in [3.63, 3.8) is 0 Å². The molecule has 2 fully saturated rings. The lowest BCUT2D eigenvalue weighted by atomic mass is 9.80. The maximum atomic E-state index is 4.54. The van der Waals surface area contributed by atoms with E-state index >= 15 is 0 Å². The molecule has 1 aromatic heterocycles. The second-order valence-corrected chi connectivity index (χ2v) is 9.47. The number of rotatable bonds is 7. The van der Waals surface area contributed by atoms with E-state index in [9.17, 15) is 0 Å². The molecule has 1 aliphatic carbocycles. The summed E-state index contributed by atoms with van der Waals surface area (Å²) in [6.07, 6.45) is 7.79. The summed E-state index contributed by atoms with van der Waals surface area (Å²) in [5, 5.41) is 11.7. The second-order valence-electron chi connectivity index (χ2n) is 8.24. The van der Waals surface area contributed by atoms with Crippen LogP contribution < -0.4 is 10.6 Å². The average molecular weight is 407 g/mol. The normalized spacial score (nSPS) is 20.9. The van der Waals surface area contributed by atoms with Crippen LogP contribution in [0.4, 0.5) is 0 Å². The Bertz CT molecular complexity index is 629. The van der Waals surface area contributed by atoms with Crippen molar-refractivity contribution in [1.82, 2.24) is 25.3 Å². The number of nitrogens with one attached hydrogen (secondary N) is 2. The fourth-order valence-electron chi connectivity index (χ4n) is 4.66. The number of aliphatic imine (C=N–C) groups is 1. The molecule has 2 N–H and O–H groups in total. The molecule has 1 saturated heterocycles. The standard InChI is InChI=1S/C21H38N6S/c1-18-16-19(2)27(25-18)11-7-10-23-20(22-3)24-17-21(8-5-4-6-9-21)26-12-14-28-15-13-26/h16H,4-15,17H2,1-3H3,(H2,22,23,24). The van der Waals surface area contributed by atoms with Crippen LogP contribution in [0.5, 0.6) is 0 Å². The minimum Gasteiger partial charge on any atom is -0.356 e. The highest BCUT2D eigenvalue weighted by Crippen LogP contribution is 2.34. The van der Waals surface area contributed by atoms with E-state index in [1.807, 2.05) is 7.05 Å². The Kier molecular flexibility index (Phi) is 8.09. The number of thioether (sulfide) groups is 1. The predicted molar refractivity (Wildman–Crippen MR) is 120 cm³/mol. The van der Waals surface area contributed by atoms with Gasteiger partial charge in [0.2, 0.25) is 0 Å². The summed E-state index contributed by atoms with van der Waals surface area (Å²) in [6.45, 7) is 9.51. The number of guanidine groups is 1. The SMILES string of the molecule is CN=C(NCCCn1nc(C)cc1C)NCC1(N2CCSCC2)CCCCC1. The molecule has 0 amide bonds. The van der Waals surface area contributed by atoms with Gasteiger partial charge in [0.1, 0.15) is 0 Å². The van der Waals surface area contributed by atoms with Gasteiger partial charge in [0, 0.05) is 62.5 Å². The molecular weight excluding hydrogens is 368 g/mol. The molecule has 0 unspecified atom stereocenters. The van der Waals surface area contributed by atoms with Gasteiger partial charge in [0.05, 0.1) is 5.69 Å². The molecule has 3 rings (SSSR count). The summed E-state index contributed by atoms with van der Waals surface area (Å²) in [5.74, 6) is 3.49. The second kappa shape index (κ2) is 10.5. The molecular formula is C21H38N6S. The average Bonchev–Trinajstić information content (AvgIpc) is 3.05. The third kappa shape index (κ3) is 5.66. The zero-order valence-corrected chi connectivity index (χ0v) is 18.8. The molecule has 7 heteroatoms. The third-order valence-electron chi connectivity index (χ3n) is 6.22. The molecule has 6 nitrogen and oxygen atoms in total. The van der Waals surface area contributed by atoms with Crippen LogP contribution in [-0.2, 0) is 6.54 Å². The zero-order chi connectivity index (χ0) is 19.8. The van der Waals surface area contributed by atoms with Crippen LogP contribution >= 0.6 is 11.8 Å². The summed E-state index contributed by atoms with van der Waals surface area (Å²) in [4.78, 5) is 7.23. The minimum absolute atomic E-state index is 0.320. The van der Waals surface area contributed by atoms with Gasteiger partial charge in [-0.2, -0.15) is 16.9 Å². The number of hydrogen-bond acceptors (Lipinski definition) is 4. The quantitative estimate of drug-likeness (QED) is 0.414. The lowest BCUT2D eigenvalue weighted by molar-refractivity contribution is 0.0626. The Hall–Kier alpha value is -1.21. The molecule has 2 aliphatic rings. The van der Waals surface area contributed by atoms with Gasteiger partial charge in [-0.15, -0.1) is 0 Å². The van der Waals surface area contributed by atoms with Crippen LogP contribution in [0.15, 0.2) is 11.1 Å². The smallest absolute Gasteiger partial charge is 0.191 e. The monoisotopic (exact) mass is 406 g/mol. The lowest BCUT2D eigenvalue weighted by Crippen LogP contribution is -2.59. The molecule has 0 spiro atoms. The number of aromatic nitrogens is 2. The van der Waals surface area contributed by atoms with E-state index in [1.54, 1.807) is 0 Å². The summed E-state index contributed by atoms with van der Waals surface area (Å²) in [6, 6.07) is 2.14. The van der Waals surface area contributed by atoms with Crippen molar-refractivity contribution in [3.05, 3.63) is 17.5 Å². The van der Waals surface area contributed by atoms with Gasteiger partial charge in [-0.05, 0) is 39.2 Å². The molecule has 1 aromatic rings. The van der Waals surface area contributed by atoms with Crippen LogP contribution in [-0.4, -0.2) is 70.9 Å². The number of aryl methyl sites for hydroxylation is 3. The van der Waals surface area contributed by atoms with E-state index in [0.717, 1.165) is 37.7 Å². The Morgan fingerprint density at radius 3 is 2.57 bits per heavy atom. The van der Waals surface area contributed by atoms with E-state index < -0.39 is 0 Å². The molecule has 1 aliphatic heterocycles. The molecule has 0 atom stereocenters. The molecule has 1 saturated carbocycles. The number of nitrogens with zero attached hydrogens (tertiary/aromatic N) is 4. The van der Waals surface area contributed by atoms with Crippen molar-refractivity contribution >= 4 is 17.7 Å². The maximum Gasteiger partial charge on any atom is 0.191 e. The first-order chi connectivity index (χ1) is 13.6. The van der Waals surface area contributed by atoms with Crippen molar-refractivity contribution in [2.45, 2.75) is 64.5 Å². The van der Waals surface area contributed by atoms with Crippen molar-refractivity contribution in [1.29, 1.82) is 0 Å². The van der Waals surface area contributed by atoms with Crippen LogP contribution in [0.2, 0.25) is 0 Å². The highest BCUT2D eigenvalue weighted by atomic mass is 32.2. The first kappa shape index (κ1) is 21.5. The van der Waals surface area contributed by atoms with Gasteiger partial charge in [0.15, 0.2) is 5.96 Å². The summed E-state index contributed by atoms with van der Waals surface area (Å²) >= 11 is 2.10.